The van der Waals surface area contributed by atoms with E-state index in [1.807, 2.05) is 0 Å². The Bertz CT molecular complexity index is 1050. The Kier molecular flexibility index (Phi) is 41.1. The van der Waals surface area contributed by atoms with Crippen LogP contribution in [0.5, 0.6) is 0 Å². The van der Waals surface area contributed by atoms with Gasteiger partial charge in [0.05, 0.1) is 13.2 Å². The summed E-state index contributed by atoms with van der Waals surface area (Å²) in [7, 11) is -4.29. The first-order valence-corrected chi connectivity index (χ1v) is 24.4. The lowest BCUT2D eigenvalue weighted by Crippen LogP contribution is -2.29. The highest BCUT2D eigenvalue weighted by Crippen LogP contribution is 2.43. The lowest BCUT2D eigenvalue weighted by molar-refractivity contribution is -0.161. The Labute approximate surface area is 344 Å². The van der Waals surface area contributed by atoms with E-state index in [-0.39, 0.29) is 32.0 Å². The lowest BCUT2D eigenvalue weighted by Gasteiger charge is -2.19. The van der Waals surface area contributed by atoms with E-state index in [1.54, 1.807) is 6.92 Å². The summed E-state index contributed by atoms with van der Waals surface area (Å²) in [6.07, 6.45) is 50.4. The largest absolute Gasteiger partial charge is 0.472 e. The van der Waals surface area contributed by atoms with Crippen LogP contribution in [0.4, 0.5) is 0 Å². The average molecular weight is 809 g/mol. The van der Waals surface area contributed by atoms with Crippen LogP contribution in [0.3, 0.4) is 0 Å². The van der Waals surface area contributed by atoms with Gasteiger partial charge in [0.15, 0.2) is 6.10 Å². The number of carbonyl (C=O) groups excluding carboxylic acids is 2. The number of esters is 2. The van der Waals surface area contributed by atoms with E-state index >= 15 is 0 Å². The molecule has 56 heavy (non-hydrogen) atoms. The number of carbonyl (C=O) groups is 2. The van der Waals surface area contributed by atoms with Crippen molar-refractivity contribution in [2.75, 3.05) is 19.8 Å². The Morgan fingerprint density at radius 1 is 0.500 bits per heavy atom. The quantitative estimate of drug-likeness (QED) is 0.0281. The zero-order valence-electron chi connectivity index (χ0n) is 36.3. The molecular formula is C47H85O8P. The summed E-state index contributed by atoms with van der Waals surface area (Å²) in [5.41, 5.74) is 0. The molecule has 0 saturated heterocycles. The maximum absolute atomic E-state index is 12.5. The van der Waals surface area contributed by atoms with E-state index in [0.29, 0.717) is 6.42 Å². The SMILES string of the molecule is CC/C=C\C/C=C\C/C=C\C/C=C\CCCCC(=O)OC(COC(=O)CCCCCCCCCCCCCCCCCCCCCCC)COP(=O)(O)OCC. The summed E-state index contributed by atoms with van der Waals surface area (Å²) >= 11 is 0. The highest BCUT2D eigenvalue weighted by atomic mass is 31.2. The third-order valence-electron chi connectivity index (χ3n) is 9.65. The first-order valence-electron chi connectivity index (χ1n) is 22.9. The van der Waals surface area contributed by atoms with Crippen molar-refractivity contribution in [1.29, 1.82) is 0 Å². The molecule has 0 amide bonds. The number of allylic oxidation sites excluding steroid dienone is 8. The fourth-order valence-electron chi connectivity index (χ4n) is 6.33. The van der Waals surface area contributed by atoms with E-state index in [4.69, 9.17) is 18.5 Å². The predicted octanol–water partition coefficient (Wildman–Crippen LogP) is 14.6. The highest BCUT2D eigenvalue weighted by Gasteiger charge is 2.25. The standard InChI is InChI=1S/C47H85O8P/c1-4-7-9-11-13-15-17-19-21-22-23-24-25-26-28-29-31-33-35-37-39-41-46(48)52-43-45(44-54-56(50,51)53-6-3)55-47(49)42-40-38-36-34-32-30-27-20-18-16-14-12-10-8-5-2/h8,10,14,16,20,27,32,34,45H,4-7,9,11-13,15,17-19,21-26,28-31,33,35-44H2,1-3H3,(H,50,51)/b10-8-,16-14-,27-20-,34-32-. The number of hydrogen-bond acceptors (Lipinski definition) is 7. The van der Waals surface area contributed by atoms with Crippen molar-refractivity contribution in [2.24, 2.45) is 0 Å². The second kappa shape index (κ2) is 42.6. The van der Waals surface area contributed by atoms with Crippen LogP contribution in [0.2, 0.25) is 0 Å². The molecule has 0 aliphatic rings. The van der Waals surface area contributed by atoms with Gasteiger partial charge in [0.2, 0.25) is 0 Å². The minimum Gasteiger partial charge on any atom is -0.462 e. The molecule has 0 aliphatic carbocycles. The van der Waals surface area contributed by atoms with Crippen LogP contribution in [0.25, 0.3) is 0 Å². The molecule has 0 aliphatic heterocycles. The van der Waals surface area contributed by atoms with Crippen LogP contribution in [0.1, 0.15) is 213 Å². The molecule has 0 bridgehead atoms. The Balaban J connectivity index is 4.04. The minimum atomic E-state index is -4.29. The van der Waals surface area contributed by atoms with Crippen molar-refractivity contribution in [3.63, 3.8) is 0 Å². The maximum Gasteiger partial charge on any atom is 0.472 e. The van der Waals surface area contributed by atoms with Crippen molar-refractivity contribution in [1.82, 2.24) is 0 Å². The number of unbranched alkanes of at least 4 members (excludes halogenated alkanes) is 22. The van der Waals surface area contributed by atoms with Gasteiger partial charge in [-0.15, -0.1) is 0 Å². The first kappa shape index (κ1) is 54.0. The van der Waals surface area contributed by atoms with Gasteiger partial charge in [-0.2, -0.15) is 0 Å². The van der Waals surface area contributed by atoms with Crippen LogP contribution in [0.15, 0.2) is 48.6 Å². The van der Waals surface area contributed by atoms with Crippen molar-refractivity contribution in [3.05, 3.63) is 48.6 Å². The van der Waals surface area contributed by atoms with Gasteiger partial charge in [-0.1, -0.05) is 191 Å². The van der Waals surface area contributed by atoms with Gasteiger partial charge in [0, 0.05) is 12.8 Å². The van der Waals surface area contributed by atoms with Crippen molar-refractivity contribution < 1.29 is 37.6 Å². The molecule has 0 fully saturated rings. The van der Waals surface area contributed by atoms with E-state index < -0.39 is 26.5 Å². The number of phosphoric ester groups is 1. The van der Waals surface area contributed by atoms with Gasteiger partial charge in [-0.25, -0.2) is 4.57 Å². The summed E-state index contributed by atoms with van der Waals surface area (Å²) in [5.74, 6) is -0.841. The number of ether oxygens (including phenoxy) is 2. The number of phosphoric acid groups is 1. The fourth-order valence-corrected chi connectivity index (χ4v) is 7.08. The topological polar surface area (TPSA) is 108 Å². The van der Waals surface area contributed by atoms with E-state index in [9.17, 15) is 19.0 Å². The number of hydrogen-bond donors (Lipinski definition) is 1. The Morgan fingerprint density at radius 2 is 0.911 bits per heavy atom. The van der Waals surface area contributed by atoms with E-state index in [2.05, 4.69) is 62.5 Å². The third-order valence-corrected chi connectivity index (χ3v) is 10.7. The van der Waals surface area contributed by atoms with Crippen molar-refractivity contribution in [2.45, 2.75) is 219 Å². The maximum atomic E-state index is 12.5. The number of rotatable bonds is 42. The second-order valence-corrected chi connectivity index (χ2v) is 16.5. The van der Waals surface area contributed by atoms with Gasteiger partial charge >= 0.3 is 19.8 Å². The molecule has 9 heteroatoms. The molecule has 0 heterocycles. The molecule has 8 nitrogen and oxygen atoms in total. The van der Waals surface area contributed by atoms with Crippen LogP contribution in [0, 0.1) is 0 Å². The molecule has 0 spiro atoms. The van der Waals surface area contributed by atoms with Gasteiger partial charge in [0.1, 0.15) is 6.61 Å². The summed E-state index contributed by atoms with van der Waals surface area (Å²) in [6.45, 7) is 5.33. The van der Waals surface area contributed by atoms with E-state index in [1.165, 1.54) is 116 Å². The molecule has 326 valence electrons. The fraction of sp³-hybridized carbons (Fsp3) is 0.787. The molecule has 0 radical (unpaired) electrons. The molecule has 2 atom stereocenters. The van der Waals surface area contributed by atoms with Crippen molar-refractivity contribution in [3.8, 4) is 0 Å². The monoisotopic (exact) mass is 809 g/mol. The van der Waals surface area contributed by atoms with E-state index in [0.717, 1.165) is 57.8 Å². The zero-order valence-corrected chi connectivity index (χ0v) is 37.2. The third kappa shape index (κ3) is 41.6. The van der Waals surface area contributed by atoms with Crippen LogP contribution < -0.4 is 0 Å². The summed E-state index contributed by atoms with van der Waals surface area (Å²) < 4.78 is 32.6. The molecule has 0 saturated carbocycles. The molecular weight excluding hydrogens is 723 g/mol. The average Bonchev–Trinajstić information content (AvgIpc) is 3.18. The van der Waals surface area contributed by atoms with Crippen LogP contribution >= 0.6 is 7.82 Å². The lowest BCUT2D eigenvalue weighted by atomic mass is 10.0. The van der Waals surface area contributed by atoms with Crippen molar-refractivity contribution >= 4 is 19.8 Å². The summed E-state index contributed by atoms with van der Waals surface area (Å²) in [5, 5.41) is 0. The predicted molar refractivity (Wildman–Crippen MR) is 235 cm³/mol. The Hall–Kier alpha value is -1.99. The van der Waals surface area contributed by atoms with Gasteiger partial charge < -0.3 is 14.4 Å². The molecule has 0 rings (SSSR count). The Morgan fingerprint density at radius 3 is 1.38 bits per heavy atom. The highest BCUT2D eigenvalue weighted by molar-refractivity contribution is 7.47. The molecule has 0 aromatic rings. The van der Waals surface area contributed by atoms with Gasteiger partial charge in [-0.05, 0) is 58.3 Å². The first-order chi connectivity index (χ1) is 27.3. The minimum absolute atomic E-state index is 0.00793. The zero-order chi connectivity index (χ0) is 41.1. The summed E-state index contributed by atoms with van der Waals surface area (Å²) in [6, 6.07) is 0. The van der Waals surface area contributed by atoms with Gasteiger partial charge in [0.25, 0.3) is 0 Å². The molecule has 1 N–H and O–H groups in total. The normalized spacial score (nSPS) is 13.7. The second-order valence-electron chi connectivity index (χ2n) is 15.0. The van der Waals surface area contributed by atoms with Gasteiger partial charge in [-0.3, -0.25) is 18.6 Å². The smallest absolute Gasteiger partial charge is 0.462 e. The molecule has 0 aromatic heterocycles. The molecule has 0 aromatic carbocycles. The molecule has 2 unspecified atom stereocenters. The van der Waals surface area contributed by atoms with Crippen LogP contribution in [-0.4, -0.2) is 42.8 Å². The summed E-state index contributed by atoms with van der Waals surface area (Å²) in [4.78, 5) is 34.8. The van der Waals surface area contributed by atoms with Crippen LogP contribution in [-0.2, 0) is 32.7 Å².